The summed E-state index contributed by atoms with van der Waals surface area (Å²) in [5, 5.41) is 11.7. The summed E-state index contributed by atoms with van der Waals surface area (Å²) in [6.45, 7) is 0. The van der Waals surface area contributed by atoms with Gasteiger partial charge in [0, 0.05) is 5.56 Å². The van der Waals surface area contributed by atoms with E-state index in [2.05, 4.69) is 10.3 Å². The van der Waals surface area contributed by atoms with Crippen LogP contribution < -0.4 is 5.32 Å². The lowest BCUT2D eigenvalue weighted by molar-refractivity contribution is 0.0698. The van der Waals surface area contributed by atoms with Gasteiger partial charge in [0.1, 0.15) is 15.9 Å². The van der Waals surface area contributed by atoms with Gasteiger partial charge in [-0.25, -0.2) is 9.78 Å². The number of pyridine rings is 1. The lowest BCUT2D eigenvalue weighted by atomic mass is 10.1. The van der Waals surface area contributed by atoms with Crippen molar-refractivity contribution in [2.75, 3.05) is 5.32 Å². The summed E-state index contributed by atoms with van der Waals surface area (Å²) in [6.07, 6.45) is 0. The van der Waals surface area contributed by atoms with E-state index in [-0.39, 0.29) is 32.1 Å². The second kappa shape index (κ2) is 6.30. The summed E-state index contributed by atoms with van der Waals surface area (Å²) < 4.78 is 0. The van der Waals surface area contributed by atoms with E-state index in [1.54, 1.807) is 0 Å². The highest BCUT2D eigenvalue weighted by molar-refractivity contribution is 6.35. The van der Waals surface area contributed by atoms with Gasteiger partial charge in [-0.05, 0) is 24.3 Å². The number of hydrogen-bond acceptors (Lipinski definition) is 3. The van der Waals surface area contributed by atoms with Crippen LogP contribution in [0.15, 0.2) is 30.3 Å². The Morgan fingerprint density at radius 2 is 1.71 bits per heavy atom. The number of carboxylic acid groups (broad SMARTS) is 1. The minimum absolute atomic E-state index is 0.0195. The Kier molecular flexibility index (Phi) is 4.67. The zero-order valence-electron chi connectivity index (χ0n) is 10.2. The predicted octanol–water partition coefficient (Wildman–Crippen LogP) is 3.99. The Balaban J connectivity index is 2.36. The van der Waals surface area contributed by atoms with Crippen LogP contribution in [0.2, 0.25) is 15.3 Å². The van der Waals surface area contributed by atoms with Gasteiger partial charge in [-0.15, -0.1) is 0 Å². The number of halogens is 3. The SMILES string of the molecule is O=C(Nc1cccc(Cl)c1C(=O)O)c1cc(Cl)nc(Cl)c1. The molecule has 1 heterocycles. The van der Waals surface area contributed by atoms with Crippen LogP contribution in [0, 0.1) is 0 Å². The van der Waals surface area contributed by atoms with Crippen molar-refractivity contribution in [2.24, 2.45) is 0 Å². The van der Waals surface area contributed by atoms with E-state index in [9.17, 15) is 9.59 Å². The van der Waals surface area contributed by atoms with Gasteiger partial charge >= 0.3 is 5.97 Å². The van der Waals surface area contributed by atoms with Crippen LogP contribution in [0.25, 0.3) is 0 Å². The number of carbonyl (C=O) groups is 2. The van der Waals surface area contributed by atoms with E-state index in [1.807, 2.05) is 0 Å². The molecule has 21 heavy (non-hydrogen) atoms. The van der Waals surface area contributed by atoms with Crippen LogP contribution in [0.4, 0.5) is 5.69 Å². The fraction of sp³-hybridized carbons (Fsp3) is 0. The van der Waals surface area contributed by atoms with Gasteiger partial charge in [0.2, 0.25) is 0 Å². The van der Waals surface area contributed by atoms with Gasteiger partial charge in [0.05, 0.1) is 10.7 Å². The maximum absolute atomic E-state index is 12.1. The maximum atomic E-state index is 12.1. The molecule has 2 aromatic rings. The number of aromatic nitrogens is 1. The smallest absolute Gasteiger partial charge is 0.339 e. The fourth-order valence-corrected chi connectivity index (χ4v) is 2.35. The van der Waals surface area contributed by atoms with E-state index in [1.165, 1.54) is 30.3 Å². The number of rotatable bonds is 3. The number of carbonyl (C=O) groups excluding carboxylic acids is 1. The molecule has 0 radical (unpaired) electrons. The molecule has 0 aliphatic heterocycles. The first-order chi connectivity index (χ1) is 9.88. The van der Waals surface area contributed by atoms with E-state index in [0.717, 1.165) is 0 Å². The van der Waals surface area contributed by atoms with Gasteiger partial charge in [0.25, 0.3) is 5.91 Å². The molecule has 1 amide bonds. The van der Waals surface area contributed by atoms with Crippen molar-refractivity contribution in [3.8, 4) is 0 Å². The lowest BCUT2D eigenvalue weighted by Gasteiger charge is -2.10. The van der Waals surface area contributed by atoms with Crippen LogP contribution >= 0.6 is 34.8 Å². The highest BCUT2D eigenvalue weighted by atomic mass is 35.5. The number of aromatic carboxylic acids is 1. The van der Waals surface area contributed by atoms with Crippen molar-refractivity contribution >= 4 is 52.4 Å². The Morgan fingerprint density at radius 3 is 2.29 bits per heavy atom. The van der Waals surface area contributed by atoms with Crippen molar-refractivity contribution in [3.05, 3.63) is 56.8 Å². The number of anilines is 1. The summed E-state index contributed by atoms with van der Waals surface area (Å²) >= 11 is 17.2. The molecule has 0 saturated heterocycles. The van der Waals surface area contributed by atoms with Crippen molar-refractivity contribution in [2.45, 2.75) is 0 Å². The molecule has 0 aliphatic carbocycles. The van der Waals surface area contributed by atoms with Crippen molar-refractivity contribution < 1.29 is 14.7 Å². The molecule has 108 valence electrons. The first-order valence-electron chi connectivity index (χ1n) is 5.54. The van der Waals surface area contributed by atoms with E-state index in [0.29, 0.717) is 0 Å². The molecule has 2 N–H and O–H groups in total. The number of benzene rings is 1. The summed E-state index contributed by atoms with van der Waals surface area (Å²) in [7, 11) is 0. The zero-order valence-corrected chi connectivity index (χ0v) is 12.5. The molecular weight excluding hydrogens is 339 g/mol. The minimum atomic E-state index is -1.25. The number of nitrogens with one attached hydrogen (secondary N) is 1. The quantitative estimate of drug-likeness (QED) is 0.824. The van der Waals surface area contributed by atoms with E-state index in [4.69, 9.17) is 39.9 Å². The summed E-state index contributed by atoms with van der Waals surface area (Å²) in [5.74, 6) is -1.83. The molecule has 1 aromatic carbocycles. The average Bonchev–Trinajstić information content (AvgIpc) is 2.37. The molecule has 0 spiro atoms. The zero-order chi connectivity index (χ0) is 15.6. The number of nitrogens with zero attached hydrogens (tertiary/aromatic N) is 1. The van der Waals surface area contributed by atoms with Crippen LogP contribution in [0.1, 0.15) is 20.7 Å². The highest BCUT2D eigenvalue weighted by Crippen LogP contribution is 2.25. The third kappa shape index (κ3) is 3.64. The molecule has 0 unspecified atom stereocenters. The summed E-state index contributed by atoms with van der Waals surface area (Å²) in [6, 6.07) is 7.00. The molecule has 0 atom stereocenters. The molecule has 0 fully saturated rings. The molecule has 0 aliphatic rings. The molecule has 0 saturated carbocycles. The van der Waals surface area contributed by atoms with Crippen LogP contribution in [0.3, 0.4) is 0 Å². The molecule has 5 nitrogen and oxygen atoms in total. The van der Waals surface area contributed by atoms with Gasteiger partial charge in [-0.1, -0.05) is 40.9 Å². The third-order valence-electron chi connectivity index (χ3n) is 2.50. The summed E-state index contributed by atoms with van der Waals surface area (Å²) in [4.78, 5) is 27.0. The van der Waals surface area contributed by atoms with E-state index >= 15 is 0 Å². The first kappa shape index (κ1) is 15.6. The largest absolute Gasteiger partial charge is 0.478 e. The standard InChI is InChI=1S/C13H7Cl3N2O3/c14-7-2-1-3-8(11(7)13(20)21)17-12(19)6-4-9(15)18-10(16)5-6/h1-5H,(H,17,19)(H,20,21). The van der Waals surface area contributed by atoms with E-state index < -0.39 is 11.9 Å². The molecular formula is C13H7Cl3N2O3. The van der Waals surface area contributed by atoms with Crippen molar-refractivity contribution in [1.29, 1.82) is 0 Å². The first-order valence-corrected chi connectivity index (χ1v) is 6.68. The molecule has 1 aromatic heterocycles. The Hall–Kier alpha value is -1.82. The van der Waals surface area contributed by atoms with Gasteiger partial charge in [-0.3, -0.25) is 4.79 Å². The average molecular weight is 346 g/mol. The Bertz CT molecular complexity index is 714. The lowest BCUT2D eigenvalue weighted by Crippen LogP contribution is -2.15. The second-order valence-corrected chi connectivity index (χ2v) is 5.10. The number of carboxylic acids is 1. The van der Waals surface area contributed by atoms with Gasteiger partial charge in [0.15, 0.2) is 0 Å². The van der Waals surface area contributed by atoms with Crippen molar-refractivity contribution in [3.63, 3.8) is 0 Å². The second-order valence-electron chi connectivity index (χ2n) is 3.92. The van der Waals surface area contributed by atoms with Crippen LogP contribution in [-0.4, -0.2) is 22.0 Å². The monoisotopic (exact) mass is 344 g/mol. The Morgan fingerprint density at radius 1 is 1.10 bits per heavy atom. The van der Waals surface area contributed by atoms with Crippen LogP contribution in [0.5, 0.6) is 0 Å². The van der Waals surface area contributed by atoms with Crippen molar-refractivity contribution in [1.82, 2.24) is 4.98 Å². The van der Waals surface area contributed by atoms with Gasteiger partial charge < -0.3 is 10.4 Å². The molecule has 2 rings (SSSR count). The number of amides is 1. The normalized spacial score (nSPS) is 10.2. The maximum Gasteiger partial charge on any atom is 0.339 e. The topological polar surface area (TPSA) is 79.3 Å². The highest BCUT2D eigenvalue weighted by Gasteiger charge is 2.17. The summed E-state index contributed by atoms with van der Waals surface area (Å²) in [5.41, 5.74) is 0.0270. The van der Waals surface area contributed by atoms with Gasteiger partial charge in [-0.2, -0.15) is 0 Å². The van der Waals surface area contributed by atoms with Crippen LogP contribution in [-0.2, 0) is 0 Å². The number of hydrogen-bond donors (Lipinski definition) is 2. The third-order valence-corrected chi connectivity index (χ3v) is 3.20. The minimum Gasteiger partial charge on any atom is -0.478 e. The fourth-order valence-electron chi connectivity index (χ4n) is 1.64. The molecule has 0 bridgehead atoms. The molecule has 8 heteroatoms. The Labute approximate surface area is 134 Å². The predicted molar refractivity (Wildman–Crippen MR) is 80.6 cm³/mol.